The number of carbonyl (C=O) groups is 1. The zero-order valence-corrected chi connectivity index (χ0v) is 10.2. The highest BCUT2D eigenvalue weighted by atomic mass is 19.1. The van der Waals surface area contributed by atoms with Gasteiger partial charge in [-0.25, -0.2) is 4.39 Å². The van der Waals surface area contributed by atoms with Crippen molar-refractivity contribution in [2.75, 3.05) is 26.2 Å². The van der Waals surface area contributed by atoms with Crippen molar-refractivity contribution < 1.29 is 9.18 Å². The Balaban J connectivity index is 1.67. The highest BCUT2D eigenvalue weighted by Crippen LogP contribution is 2.49. The summed E-state index contributed by atoms with van der Waals surface area (Å²) < 4.78 is 13.6. The van der Waals surface area contributed by atoms with E-state index in [1.807, 2.05) is 11.0 Å². The van der Waals surface area contributed by atoms with Gasteiger partial charge >= 0.3 is 0 Å². The van der Waals surface area contributed by atoms with Crippen LogP contribution in [0.15, 0.2) is 24.3 Å². The first-order valence-corrected chi connectivity index (χ1v) is 6.51. The minimum Gasteiger partial charge on any atom is -0.340 e. The molecule has 0 radical (unpaired) electrons. The highest BCUT2D eigenvalue weighted by molar-refractivity contribution is 5.83. The Morgan fingerprint density at radius 2 is 2.00 bits per heavy atom. The average Bonchev–Trinajstić information content (AvgIpc) is 3.20. The SMILES string of the molecule is O=C([C@H]1C[C@H]1c1ccccc1F)N1CCNCC1. The number of benzene rings is 1. The van der Waals surface area contributed by atoms with Gasteiger partial charge in [0, 0.05) is 32.1 Å². The van der Waals surface area contributed by atoms with Gasteiger partial charge in [-0.1, -0.05) is 18.2 Å². The zero-order chi connectivity index (χ0) is 12.5. The second-order valence-electron chi connectivity index (χ2n) is 5.05. The van der Waals surface area contributed by atoms with Gasteiger partial charge in [0.1, 0.15) is 5.82 Å². The molecule has 1 N–H and O–H groups in total. The van der Waals surface area contributed by atoms with Gasteiger partial charge in [-0.15, -0.1) is 0 Å². The van der Waals surface area contributed by atoms with E-state index in [0.29, 0.717) is 5.56 Å². The van der Waals surface area contributed by atoms with E-state index in [-0.39, 0.29) is 23.6 Å². The zero-order valence-electron chi connectivity index (χ0n) is 10.2. The molecule has 3 nitrogen and oxygen atoms in total. The van der Waals surface area contributed by atoms with E-state index in [1.54, 1.807) is 12.1 Å². The molecular weight excluding hydrogens is 231 g/mol. The van der Waals surface area contributed by atoms with Crippen molar-refractivity contribution in [2.24, 2.45) is 5.92 Å². The van der Waals surface area contributed by atoms with Crippen LogP contribution in [-0.2, 0) is 4.79 Å². The van der Waals surface area contributed by atoms with Gasteiger partial charge in [-0.2, -0.15) is 0 Å². The van der Waals surface area contributed by atoms with Crippen LogP contribution in [0.3, 0.4) is 0 Å². The van der Waals surface area contributed by atoms with Crippen molar-refractivity contribution in [3.05, 3.63) is 35.6 Å². The first-order valence-electron chi connectivity index (χ1n) is 6.51. The smallest absolute Gasteiger partial charge is 0.226 e. The molecule has 1 aromatic rings. The standard InChI is InChI=1S/C14H17FN2O/c15-13-4-2-1-3-10(13)11-9-12(11)14(18)17-7-5-16-6-8-17/h1-4,11-12,16H,5-9H2/t11-,12-/m0/s1. The van der Waals surface area contributed by atoms with Crippen molar-refractivity contribution in [3.63, 3.8) is 0 Å². The van der Waals surface area contributed by atoms with Gasteiger partial charge in [0.25, 0.3) is 0 Å². The van der Waals surface area contributed by atoms with Crippen LogP contribution in [0.1, 0.15) is 17.9 Å². The summed E-state index contributed by atoms with van der Waals surface area (Å²) in [6, 6.07) is 6.79. The van der Waals surface area contributed by atoms with Gasteiger partial charge < -0.3 is 10.2 Å². The highest BCUT2D eigenvalue weighted by Gasteiger charge is 2.46. The maximum Gasteiger partial charge on any atom is 0.226 e. The number of hydrogen-bond donors (Lipinski definition) is 1. The summed E-state index contributed by atoms with van der Waals surface area (Å²) >= 11 is 0. The first kappa shape index (κ1) is 11.7. The van der Waals surface area contributed by atoms with E-state index in [9.17, 15) is 9.18 Å². The summed E-state index contributed by atoms with van der Waals surface area (Å²) in [4.78, 5) is 14.1. The lowest BCUT2D eigenvalue weighted by molar-refractivity contribution is -0.133. The Kier molecular flexibility index (Phi) is 3.04. The number of halogens is 1. The molecule has 0 spiro atoms. The van der Waals surface area contributed by atoms with E-state index in [0.717, 1.165) is 32.6 Å². The summed E-state index contributed by atoms with van der Waals surface area (Å²) in [6.45, 7) is 3.28. The fourth-order valence-electron chi connectivity index (χ4n) is 2.71. The third kappa shape index (κ3) is 2.12. The third-order valence-electron chi connectivity index (χ3n) is 3.84. The molecule has 1 saturated carbocycles. The monoisotopic (exact) mass is 248 g/mol. The fourth-order valence-corrected chi connectivity index (χ4v) is 2.71. The van der Waals surface area contributed by atoms with Crippen LogP contribution in [-0.4, -0.2) is 37.0 Å². The molecule has 2 fully saturated rings. The van der Waals surface area contributed by atoms with Crippen molar-refractivity contribution in [1.82, 2.24) is 10.2 Å². The molecule has 1 heterocycles. The van der Waals surface area contributed by atoms with Crippen LogP contribution in [0.25, 0.3) is 0 Å². The van der Waals surface area contributed by atoms with Crippen molar-refractivity contribution in [3.8, 4) is 0 Å². The van der Waals surface area contributed by atoms with E-state index < -0.39 is 0 Å². The number of hydrogen-bond acceptors (Lipinski definition) is 2. The predicted molar refractivity (Wildman–Crippen MR) is 66.7 cm³/mol. The lowest BCUT2D eigenvalue weighted by Gasteiger charge is -2.27. The van der Waals surface area contributed by atoms with Gasteiger partial charge in [-0.3, -0.25) is 4.79 Å². The van der Waals surface area contributed by atoms with Gasteiger partial charge in [0.05, 0.1) is 0 Å². The van der Waals surface area contributed by atoms with E-state index >= 15 is 0 Å². The van der Waals surface area contributed by atoms with Crippen molar-refractivity contribution in [2.45, 2.75) is 12.3 Å². The lowest BCUT2D eigenvalue weighted by atomic mass is 10.1. The molecule has 0 unspecified atom stereocenters. The second-order valence-corrected chi connectivity index (χ2v) is 5.05. The Bertz CT molecular complexity index is 457. The van der Waals surface area contributed by atoms with E-state index in [1.165, 1.54) is 6.07 Å². The first-order chi connectivity index (χ1) is 8.77. The molecule has 4 heteroatoms. The average molecular weight is 248 g/mol. The van der Waals surface area contributed by atoms with Crippen LogP contribution in [0.2, 0.25) is 0 Å². The molecule has 96 valence electrons. The molecule has 18 heavy (non-hydrogen) atoms. The molecule has 1 amide bonds. The topological polar surface area (TPSA) is 32.3 Å². The predicted octanol–water partition coefficient (Wildman–Crippen LogP) is 1.36. The van der Waals surface area contributed by atoms with Gasteiger partial charge in [0.2, 0.25) is 5.91 Å². The summed E-state index contributed by atoms with van der Waals surface area (Å²) in [5.74, 6) is 0.108. The lowest BCUT2D eigenvalue weighted by Crippen LogP contribution is -2.47. The van der Waals surface area contributed by atoms with Crippen molar-refractivity contribution in [1.29, 1.82) is 0 Å². The number of nitrogens with one attached hydrogen (secondary N) is 1. The minimum atomic E-state index is -0.182. The van der Waals surface area contributed by atoms with Crippen LogP contribution in [0.5, 0.6) is 0 Å². The third-order valence-corrected chi connectivity index (χ3v) is 3.84. The van der Waals surface area contributed by atoms with Crippen LogP contribution in [0, 0.1) is 11.7 Å². The maximum atomic E-state index is 13.6. The summed E-state index contributed by atoms with van der Waals surface area (Å²) in [6.07, 6.45) is 0.795. The van der Waals surface area contributed by atoms with Crippen molar-refractivity contribution >= 4 is 5.91 Å². The number of amides is 1. The molecule has 0 aromatic heterocycles. The Morgan fingerprint density at radius 1 is 1.28 bits per heavy atom. The van der Waals surface area contributed by atoms with E-state index in [2.05, 4.69) is 5.32 Å². The molecule has 0 bridgehead atoms. The summed E-state index contributed by atoms with van der Waals surface area (Å²) in [5, 5.41) is 3.23. The number of carbonyl (C=O) groups excluding carboxylic acids is 1. The van der Waals surface area contributed by atoms with Crippen LogP contribution >= 0.6 is 0 Å². The number of nitrogens with zero attached hydrogens (tertiary/aromatic N) is 1. The van der Waals surface area contributed by atoms with Crippen LogP contribution in [0.4, 0.5) is 4.39 Å². The normalized spacial score (nSPS) is 27.1. The molecule has 1 aliphatic heterocycles. The number of piperazine rings is 1. The fraction of sp³-hybridized carbons (Fsp3) is 0.500. The largest absolute Gasteiger partial charge is 0.340 e. The summed E-state index contributed by atoms with van der Waals surface area (Å²) in [5.41, 5.74) is 0.700. The second kappa shape index (κ2) is 4.69. The molecule has 3 rings (SSSR count). The summed E-state index contributed by atoms with van der Waals surface area (Å²) in [7, 11) is 0. The van der Waals surface area contributed by atoms with Gasteiger partial charge in [-0.05, 0) is 24.0 Å². The maximum absolute atomic E-state index is 13.6. The minimum absolute atomic E-state index is 0.000000000000000222. The molecule has 1 saturated heterocycles. The molecular formula is C14H17FN2O. The molecule has 1 aliphatic carbocycles. The molecule has 2 aliphatic rings. The van der Waals surface area contributed by atoms with Crippen LogP contribution < -0.4 is 5.32 Å². The van der Waals surface area contributed by atoms with Gasteiger partial charge in [0.15, 0.2) is 0 Å². The quantitative estimate of drug-likeness (QED) is 0.857. The molecule has 1 aromatic carbocycles. The Labute approximate surface area is 106 Å². The Hall–Kier alpha value is -1.42. The Morgan fingerprint density at radius 3 is 2.72 bits per heavy atom. The molecule has 2 atom stereocenters. The van der Waals surface area contributed by atoms with E-state index in [4.69, 9.17) is 0 Å². The number of rotatable bonds is 2.